The van der Waals surface area contributed by atoms with Gasteiger partial charge >= 0.3 is 0 Å². The topological polar surface area (TPSA) is 74.0 Å². The van der Waals surface area contributed by atoms with Crippen molar-refractivity contribution >= 4 is 39.7 Å². The third-order valence-corrected chi connectivity index (χ3v) is 3.67. The fraction of sp³-hybridized carbons (Fsp3) is 0.0625. The lowest BCUT2D eigenvalue weighted by molar-refractivity contribution is 0.104. The van der Waals surface area contributed by atoms with Crippen LogP contribution in [0, 0.1) is 0 Å². The summed E-state index contributed by atoms with van der Waals surface area (Å²) < 4.78 is 1.88. The first kappa shape index (κ1) is 13.5. The molecule has 0 bridgehead atoms. The average molecular weight is 300 g/mol. The molecule has 0 fully saturated rings. The van der Waals surface area contributed by atoms with Gasteiger partial charge in [0.2, 0.25) is 0 Å². The van der Waals surface area contributed by atoms with E-state index in [0.29, 0.717) is 27.5 Å². The Morgan fingerprint density at radius 1 is 1.10 bits per heavy atom. The standard InChI is InChI=1S/C16H14ClN3O/c1-20-8-14(13-3-2-10(17)6-15(13)20)16(21)9-4-11(18)7-12(19)5-9/h2-8H,18-19H2,1H3. The Hall–Kier alpha value is -2.46. The predicted octanol–water partition coefficient (Wildman–Crippen LogP) is 3.23. The minimum absolute atomic E-state index is 0.109. The predicted molar refractivity (Wildman–Crippen MR) is 86.6 cm³/mol. The molecule has 0 spiro atoms. The molecule has 0 aliphatic heterocycles. The Morgan fingerprint density at radius 3 is 2.43 bits per heavy atom. The fourth-order valence-corrected chi connectivity index (χ4v) is 2.67. The Morgan fingerprint density at radius 2 is 1.76 bits per heavy atom. The minimum atomic E-state index is -0.109. The molecule has 5 heteroatoms. The molecule has 4 N–H and O–H groups in total. The first-order valence-corrected chi connectivity index (χ1v) is 6.79. The number of nitrogens with two attached hydrogens (primary N) is 2. The van der Waals surface area contributed by atoms with Gasteiger partial charge in [-0.15, -0.1) is 0 Å². The fourth-order valence-electron chi connectivity index (χ4n) is 2.50. The van der Waals surface area contributed by atoms with Crippen LogP contribution in [0.3, 0.4) is 0 Å². The Balaban J connectivity index is 2.18. The van der Waals surface area contributed by atoms with Gasteiger partial charge < -0.3 is 16.0 Å². The molecule has 0 amide bonds. The van der Waals surface area contributed by atoms with Crippen molar-refractivity contribution in [1.82, 2.24) is 4.57 Å². The summed E-state index contributed by atoms with van der Waals surface area (Å²) >= 11 is 6.01. The third kappa shape index (κ3) is 2.34. The van der Waals surface area contributed by atoms with Crippen molar-refractivity contribution in [3.63, 3.8) is 0 Å². The Bertz CT molecular complexity index is 847. The minimum Gasteiger partial charge on any atom is -0.399 e. The van der Waals surface area contributed by atoms with Gasteiger partial charge in [0.15, 0.2) is 5.78 Å². The molecule has 0 saturated heterocycles. The summed E-state index contributed by atoms with van der Waals surface area (Å²) in [6.07, 6.45) is 1.79. The number of aryl methyl sites for hydroxylation is 1. The first-order valence-electron chi connectivity index (χ1n) is 6.41. The molecule has 0 aliphatic rings. The van der Waals surface area contributed by atoms with Gasteiger partial charge in [-0.25, -0.2) is 0 Å². The quantitative estimate of drug-likeness (QED) is 0.563. The molecule has 2 aromatic carbocycles. The lowest BCUT2D eigenvalue weighted by atomic mass is 10.0. The normalized spacial score (nSPS) is 11.0. The van der Waals surface area contributed by atoms with Crippen LogP contribution in [0.25, 0.3) is 10.9 Å². The number of carbonyl (C=O) groups is 1. The number of hydrogen-bond acceptors (Lipinski definition) is 3. The second-order valence-corrected chi connectivity index (χ2v) is 5.47. The van der Waals surface area contributed by atoms with Crippen LogP contribution in [0.2, 0.25) is 5.02 Å². The molecule has 0 saturated carbocycles. The average Bonchev–Trinajstić information content (AvgIpc) is 2.74. The number of fused-ring (bicyclic) bond motifs is 1. The number of hydrogen-bond donors (Lipinski definition) is 2. The Labute approximate surface area is 126 Å². The van der Waals surface area contributed by atoms with E-state index >= 15 is 0 Å². The SMILES string of the molecule is Cn1cc(C(=O)c2cc(N)cc(N)c2)c2ccc(Cl)cc21. The number of ketones is 1. The number of anilines is 2. The van der Waals surface area contributed by atoms with Crippen LogP contribution in [0.4, 0.5) is 11.4 Å². The molecule has 1 heterocycles. The highest BCUT2D eigenvalue weighted by atomic mass is 35.5. The van der Waals surface area contributed by atoms with Crippen LogP contribution < -0.4 is 11.5 Å². The zero-order valence-corrected chi connectivity index (χ0v) is 12.2. The van der Waals surface area contributed by atoms with Gasteiger partial charge in [-0.2, -0.15) is 0 Å². The van der Waals surface area contributed by atoms with Gasteiger partial charge in [-0.05, 0) is 30.3 Å². The van der Waals surface area contributed by atoms with Crippen LogP contribution in [-0.2, 0) is 7.05 Å². The number of halogens is 1. The van der Waals surface area contributed by atoms with Crippen molar-refractivity contribution in [2.75, 3.05) is 11.5 Å². The maximum Gasteiger partial charge on any atom is 0.195 e. The van der Waals surface area contributed by atoms with E-state index in [1.807, 2.05) is 23.7 Å². The summed E-state index contributed by atoms with van der Waals surface area (Å²) in [5.41, 5.74) is 14.5. The zero-order chi connectivity index (χ0) is 15.1. The summed E-state index contributed by atoms with van der Waals surface area (Å²) in [5, 5.41) is 1.49. The highest BCUT2D eigenvalue weighted by molar-refractivity contribution is 6.31. The van der Waals surface area contributed by atoms with Crippen molar-refractivity contribution in [3.05, 3.63) is 58.7 Å². The largest absolute Gasteiger partial charge is 0.399 e. The highest BCUT2D eigenvalue weighted by Crippen LogP contribution is 2.27. The van der Waals surface area contributed by atoms with E-state index in [9.17, 15) is 4.79 Å². The van der Waals surface area contributed by atoms with E-state index in [0.717, 1.165) is 10.9 Å². The first-order chi connectivity index (χ1) is 9.95. The van der Waals surface area contributed by atoms with Gasteiger partial charge in [0.25, 0.3) is 0 Å². The number of nitrogens with zero attached hydrogens (tertiary/aromatic N) is 1. The number of aromatic nitrogens is 1. The molecule has 0 aliphatic carbocycles. The van der Waals surface area contributed by atoms with Gasteiger partial charge in [0.1, 0.15) is 0 Å². The maximum absolute atomic E-state index is 12.7. The molecule has 106 valence electrons. The molecule has 1 aromatic heterocycles. The summed E-state index contributed by atoms with van der Waals surface area (Å²) in [6, 6.07) is 10.3. The zero-order valence-electron chi connectivity index (χ0n) is 11.4. The van der Waals surface area contributed by atoms with Crippen LogP contribution in [0.5, 0.6) is 0 Å². The van der Waals surface area contributed by atoms with Gasteiger partial charge in [0.05, 0.1) is 0 Å². The summed E-state index contributed by atoms with van der Waals surface area (Å²) in [4.78, 5) is 12.7. The summed E-state index contributed by atoms with van der Waals surface area (Å²) in [7, 11) is 1.88. The molecule has 4 nitrogen and oxygen atoms in total. The van der Waals surface area contributed by atoms with Crippen molar-refractivity contribution < 1.29 is 4.79 Å². The molecular formula is C16H14ClN3O. The molecule has 0 atom stereocenters. The van der Waals surface area contributed by atoms with Crippen LogP contribution in [0.1, 0.15) is 15.9 Å². The molecule has 3 aromatic rings. The Kier molecular flexibility index (Phi) is 3.11. The van der Waals surface area contributed by atoms with E-state index in [2.05, 4.69) is 0 Å². The van der Waals surface area contributed by atoms with E-state index in [1.165, 1.54) is 0 Å². The highest BCUT2D eigenvalue weighted by Gasteiger charge is 2.16. The molecular weight excluding hydrogens is 286 g/mol. The maximum atomic E-state index is 12.7. The molecule has 0 unspecified atom stereocenters. The molecule has 21 heavy (non-hydrogen) atoms. The van der Waals surface area contributed by atoms with E-state index < -0.39 is 0 Å². The number of carbonyl (C=O) groups excluding carboxylic acids is 1. The summed E-state index contributed by atoms with van der Waals surface area (Å²) in [5.74, 6) is -0.109. The number of nitrogen functional groups attached to an aromatic ring is 2. The lowest BCUT2D eigenvalue weighted by Gasteiger charge is -2.03. The van der Waals surface area contributed by atoms with Gasteiger partial charge in [-0.3, -0.25) is 4.79 Å². The van der Waals surface area contributed by atoms with Crippen LogP contribution in [-0.4, -0.2) is 10.4 Å². The van der Waals surface area contributed by atoms with Crippen molar-refractivity contribution in [2.24, 2.45) is 7.05 Å². The monoisotopic (exact) mass is 299 g/mol. The van der Waals surface area contributed by atoms with Crippen molar-refractivity contribution in [2.45, 2.75) is 0 Å². The van der Waals surface area contributed by atoms with E-state index in [4.69, 9.17) is 23.1 Å². The molecule has 3 rings (SSSR count). The van der Waals surface area contributed by atoms with E-state index in [-0.39, 0.29) is 5.78 Å². The second-order valence-electron chi connectivity index (χ2n) is 5.03. The smallest absolute Gasteiger partial charge is 0.195 e. The van der Waals surface area contributed by atoms with Gasteiger partial charge in [0, 0.05) is 51.7 Å². The van der Waals surface area contributed by atoms with Crippen LogP contribution >= 0.6 is 11.6 Å². The molecule has 0 radical (unpaired) electrons. The number of rotatable bonds is 2. The van der Waals surface area contributed by atoms with Crippen LogP contribution in [0.15, 0.2) is 42.6 Å². The third-order valence-electron chi connectivity index (χ3n) is 3.44. The van der Waals surface area contributed by atoms with E-state index in [1.54, 1.807) is 30.5 Å². The lowest BCUT2D eigenvalue weighted by Crippen LogP contribution is -2.03. The summed E-state index contributed by atoms with van der Waals surface area (Å²) in [6.45, 7) is 0. The second kappa shape index (κ2) is 4.82. The van der Waals surface area contributed by atoms with Crippen molar-refractivity contribution in [3.8, 4) is 0 Å². The van der Waals surface area contributed by atoms with Gasteiger partial charge in [-0.1, -0.05) is 17.7 Å². The van der Waals surface area contributed by atoms with Crippen molar-refractivity contribution in [1.29, 1.82) is 0 Å². The number of benzene rings is 2.